The van der Waals surface area contributed by atoms with Gasteiger partial charge >= 0.3 is 0 Å². The lowest BCUT2D eigenvalue weighted by molar-refractivity contribution is -0.125. The predicted molar refractivity (Wildman–Crippen MR) is 122 cm³/mol. The zero-order chi connectivity index (χ0) is 23.3. The van der Waals surface area contributed by atoms with Crippen molar-refractivity contribution < 1.29 is 18.8 Å². The number of nitrogens with zero attached hydrogens (tertiary/aromatic N) is 1. The van der Waals surface area contributed by atoms with Gasteiger partial charge in [0.1, 0.15) is 6.04 Å². The van der Waals surface area contributed by atoms with Crippen LogP contribution in [0, 0.1) is 18.8 Å². The standard InChI is InChI=1S/C25H33N3O4/c1-16(2)18(4)26-24(30)22(27-23(29)20-8-5-7-17(3)15-20)19-10-12-28(13-11-19)25(31)21-9-6-14-32-21/h5-9,14-16,18-19,22H,10-13H2,1-4H3,(H,26,30)(H,27,29)/t18-,22-/m1/s1. The van der Waals surface area contributed by atoms with Crippen molar-refractivity contribution >= 4 is 17.7 Å². The van der Waals surface area contributed by atoms with Crippen LogP contribution in [0.25, 0.3) is 0 Å². The molecule has 7 nitrogen and oxygen atoms in total. The number of carbonyl (C=O) groups excluding carboxylic acids is 3. The molecule has 0 spiro atoms. The fraction of sp³-hybridized carbons (Fsp3) is 0.480. The van der Waals surface area contributed by atoms with Crippen LogP contribution < -0.4 is 10.6 Å². The molecule has 7 heteroatoms. The Hall–Kier alpha value is -3.09. The Labute approximate surface area is 189 Å². The van der Waals surface area contributed by atoms with Crippen molar-refractivity contribution in [3.05, 3.63) is 59.5 Å². The van der Waals surface area contributed by atoms with Gasteiger partial charge in [0, 0.05) is 24.7 Å². The lowest BCUT2D eigenvalue weighted by Crippen LogP contribution is -2.55. The fourth-order valence-electron chi connectivity index (χ4n) is 3.88. The van der Waals surface area contributed by atoms with Gasteiger partial charge in [0.05, 0.1) is 6.26 Å². The molecule has 2 aromatic rings. The minimum atomic E-state index is -0.662. The van der Waals surface area contributed by atoms with Crippen LogP contribution in [0.5, 0.6) is 0 Å². The molecule has 0 aliphatic carbocycles. The van der Waals surface area contributed by atoms with Crippen molar-refractivity contribution in [1.29, 1.82) is 0 Å². The summed E-state index contributed by atoms with van der Waals surface area (Å²) in [5.74, 6) is -0.0605. The molecule has 3 rings (SSSR count). The second-order valence-electron chi connectivity index (χ2n) is 8.97. The Balaban J connectivity index is 1.71. The number of likely N-dealkylation sites (tertiary alicyclic amines) is 1. The molecule has 0 saturated carbocycles. The lowest BCUT2D eigenvalue weighted by atomic mass is 9.88. The summed E-state index contributed by atoms with van der Waals surface area (Å²) in [6.07, 6.45) is 2.72. The highest BCUT2D eigenvalue weighted by molar-refractivity contribution is 5.98. The highest BCUT2D eigenvalue weighted by Crippen LogP contribution is 2.23. The summed E-state index contributed by atoms with van der Waals surface area (Å²) < 4.78 is 5.23. The van der Waals surface area contributed by atoms with Crippen molar-refractivity contribution in [2.75, 3.05) is 13.1 Å². The largest absolute Gasteiger partial charge is 0.459 e. The highest BCUT2D eigenvalue weighted by atomic mass is 16.3. The van der Waals surface area contributed by atoms with Crippen molar-refractivity contribution in [3.8, 4) is 0 Å². The summed E-state index contributed by atoms with van der Waals surface area (Å²) in [5, 5.41) is 6.03. The van der Waals surface area contributed by atoms with E-state index in [9.17, 15) is 14.4 Å². The molecule has 1 aromatic heterocycles. The van der Waals surface area contributed by atoms with Crippen LogP contribution in [0.3, 0.4) is 0 Å². The van der Waals surface area contributed by atoms with Crippen molar-refractivity contribution in [2.24, 2.45) is 11.8 Å². The maximum Gasteiger partial charge on any atom is 0.289 e. The van der Waals surface area contributed by atoms with Crippen molar-refractivity contribution in [3.63, 3.8) is 0 Å². The first-order valence-corrected chi connectivity index (χ1v) is 11.3. The summed E-state index contributed by atoms with van der Waals surface area (Å²) in [6.45, 7) is 9.00. The molecule has 1 aliphatic rings. The van der Waals surface area contributed by atoms with E-state index >= 15 is 0 Å². The number of carbonyl (C=O) groups is 3. The smallest absolute Gasteiger partial charge is 0.289 e. The Bertz CT molecular complexity index is 930. The van der Waals surface area contributed by atoms with Crippen LogP contribution in [-0.4, -0.2) is 47.8 Å². The molecule has 3 amide bonds. The van der Waals surface area contributed by atoms with Gasteiger partial charge < -0.3 is 20.0 Å². The molecule has 0 radical (unpaired) electrons. The lowest BCUT2D eigenvalue weighted by Gasteiger charge is -2.36. The number of hydrogen-bond acceptors (Lipinski definition) is 4. The molecule has 0 unspecified atom stereocenters. The topological polar surface area (TPSA) is 91.7 Å². The van der Waals surface area contributed by atoms with Crippen LogP contribution in [0.15, 0.2) is 47.1 Å². The third-order valence-electron chi connectivity index (χ3n) is 6.25. The Morgan fingerprint density at radius 1 is 1.03 bits per heavy atom. The summed E-state index contributed by atoms with van der Waals surface area (Å²) >= 11 is 0. The first-order valence-electron chi connectivity index (χ1n) is 11.3. The van der Waals surface area contributed by atoms with E-state index in [0.29, 0.717) is 37.3 Å². The van der Waals surface area contributed by atoms with Crippen LogP contribution in [0.1, 0.15) is 60.1 Å². The average Bonchev–Trinajstić information content (AvgIpc) is 3.31. The van der Waals surface area contributed by atoms with Gasteiger partial charge in [-0.3, -0.25) is 14.4 Å². The van der Waals surface area contributed by atoms with Crippen LogP contribution in [0.4, 0.5) is 0 Å². The zero-order valence-electron chi connectivity index (χ0n) is 19.3. The fourth-order valence-corrected chi connectivity index (χ4v) is 3.88. The van der Waals surface area contributed by atoms with E-state index in [0.717, 1.165) is 5.56 Å². The van der Waals surface area contributed by atoms with Gasteiger partial charge in [0.25, 0.3) is 11.8 Å². The number of aryl methyl sites for hydroxylation is 1. The molecule has 2 heterocycles. The molecule has 172 valence electrons. The molecule has 1 aromatic carbocycles. The molecule has 0 bridgehead atoms. The molecular formula is C25H33N3O4. The third kappa shape index (κ3) is 5.78. The van der Waals surface area contributed by atoms with Crippen LogP contribution in [-0.2, 0) is 4.79 Å². The first-order chi connectivity index (χ1) is 15.3. The maximum atomic E-state index is 13.2. The van der Waals surface area contributed by atoms with Gasteiger partial charge in [-0.05, 0) is 62.8 Å². The molecular weight excluding hydrogens is 406 g/mol. The number of hydrogen-bond donors (Lipinski definition) is 2. The van der Waals surface area contributed by atoms with Gasteiger partial charge in [-0.1, -0.05) is 31.5 Å². The first kappa shape index (κ1) is 23.6. The number of rotatable bonds is 7. The Morgan fingerprint density at radius 2 is 1.75 bits per heavy atom. The Kier molecular flexibility index (Phi) is 7.72. The molecule has 32 heavy (non-hydrogen) atoms. The number of furan rings is 1. The van der Waals surface area contributed by atoms with E-state index in [1.54, 1.807) is 23.1 Å². The van der Waals surface area contributed by atoms with Crippen LogP contribution >= 0.6 is 0 Å². The van der Waals surface area contributed by atoms with Gasteiger partial charge in [-0.2, -0.15) is 0 Å². The normalized spacial score (nSPS) is 16.5. The van der Waals surface area contributed by atoms with E-state index < -0.39 is 6.04 Å². The molecule has 1 saturated heterocycles. The van der Waals surface area contributed by atoms with Gasteiger partial charge in [0.2, 0.25) is 5.91 Å². The Morgan fingerprint density at radius 3 is 2.34 bits per heavy atom. The van der Waals surface area contributed by atoms with Gasteiger partial charge in [0.15, 0.2) is 5.76 Å². The molecule has 1 aliphatic heterocycles. The van der Waals surface area contributed by atoms with E-state index in [1.807, 2.05) is 45.9 Å². The quantitative estimate of drug-likeness (QED) is 0.692. The van der Waals surface area contributed by atoms with Gasteiger partial charge in [-0.15, -0.1) is 0 Å². The second-order valence-corrected chi connectivity index (χ2v) is 8.97. The summed E-state index contributed by atoms with van der Waals surface area (Å²) in [5.41, 5.74) is 1.52. The summed E-state index contributed by atoms with van der Waals surface area (Å²) in [7, 11) is 0. The minimum Gasteiger partial charge on any atom is -0.459 e. The number of piperidine rings is 1. The second kappa shape index (κ2) is 10.5. The van der Waals surface area contributed by atoms with E-state index in [1.165, 1.54) is 6.26 Å². The highest BCUT2D eigenvalue weighted by Gasteiger charge is 2.35. The van der Waals surface area contributed by atoms with Gasteiger partial charge in [-0.25, -0.2) is 0 Å². The van der Waals surface area contributed by atoms with Crippen LogP contribution in [0.2, 0.25) is 0 Å². The maximum absolute atomic E-state index is 13.2. The monoisotopic (exact) mass is 439 g/mol. The molecule has 2 N–H and O–H groups in total. The van der Waals surface area contributed by atoms with Crippen molar-refractivity contribution in [2.45, 2.75) is 52.6 Å². The minimum absolute atomic E-state index is 0.0125. The predicted octanol–water partition coefficient (Wildman–Crippen LogP) is 3.40. The molecule has 1 fully saturated rings. The zero-order valence-corrected chi connectivity index (χ0v) is 19.3. The number of nitrogens with one attached hydrogen (secondary N) is 2. The van der Waals surface area contributed by atoms with E-state index in [2.05, 4.69) is 10.6 Å². The molecule has 2 atom stereocenters. The van der Waals surface area contributed by atoms with Crippen molar-refractivity contribution in [1.82, 2.24) is 15.5 Å². The van der Waals surface area contributed by atoms with E-state index in [-0.39, 0.29) is 35.6 Å². The van der Waals surface area contributed by atoms with E-state index in [4.69, 9.17) is 4.42 Å². The third-order valence-corrected chi connectivity index (χ3v) is 6.25. The summed E-state index contributed by atoms with van der Waals surface area (Å²) in [4.78, 5) is 40.4. The average molecular weight is 440 g/mol. The SMILES string of the molecule is Cc1cccc(C(=O)N[C@@H](C(=O)N[C@H](C)C(C)C)C2CCN(C(=O)c3ccco3)CC2)c1. The number of amides is 3. The number of benzene rings is 1. The summed E-state index contributed by atoms with van der Waals surface area (Å²) in [6, 6.07) is 9.99.